The minimum absolute atomic E-state index is 0.353. The number of hydrogen-bond donors (Lipinski definition) is 1. The van der Waals surface area contributed by atoms with Crippen molar-refractivity contribution in [2.24, 2.45) is 0 Å². The molecular formula is C19H40OS. The molecule has 2 heteroatoms. The summed E-state index contributed by atoms with van der Waals surface area (Å²) < 4.78 is 0. The molecule has 0 atom stereocenters. The van der Waals surface area contributed by atoms with Gasteiger partial charge < -0.3 is 5.11 Å². The molecule has 0 aliphatic heterocycles. The Kier molecular flexibility index (Phi) is 20.6. The third kappa shape index (κ3) is 20.3. The van der Waals surface area contributed by atoms with Crippen molar-refractivity contribution in [1.29, 1.82) is 0 Å². The first-order valence-electron chi connectivity index (χ1n) is 9.60. The molecule has 0 saturated carbocycles. The fourth-order valence-corrected chi connectivity index (χ4v) is 3.61. The lowest BCUT2D eigenvalue weighted by Gasteiger charge is -2.03. The molecule has 0 spiro atoms. The summed E-state index contributed by atoms with van der Waals surface area (Å²) in [6, 6.07) is 0. The van der Waals surface area contributed by atoms with Gasteiger partial charge in [0, 0.05) is 6.61 Å². The SMILES string of the molecule is CCCCCCCCCCCCCCCCSCCCO. The summed E-state index contributed by atoms with van der Waals surface area (Å²) in [6.45, 7) is 2.64. The van der Waals surface area contributed by atoms with Crippen molar-refractivity contribution in [3.8, 4) is 0 Å². The summed E-state index contributed by atoms with van der Waals surface area (Å²) in [7, 11) is 0. The zero-order valence-electron chi connectivity index (χ0n) is 14.6. The molecule has 0 aromatic carbocycles. The van der Waals surface area contributed by atoms with E-state index >= 15 is 0 Å². The first-order chi connectivity index (χ1) is 10.4. The van der Waals surface area contributed by atoms with Crippen LogP contribution in [0.4, 0.5) is 0 Å². The molecule has 0 fully saturated rings. The zero-order valence-corrected chi connectivity index (χ0v) is 15.4. The second-order valence-corrected chi connectivity index (χ2v) is 7.51. The lowest BCUT2D eigenvalue weighted by atomic mass is 10.0. The van der Waals surface area contributed by atoms with Gasteiger partial charge in [0.25, 0.3) is 0 Å². The highest BCUT2D eigenvalue weighted by Crippen LogP contribution is 2.14. The molecule has 0 aromatic heterocycles. The van der Waals surface area contributed by atoms with Crippen molar-refractivity contribution in [3.05, 3.63) is 0 Å². The van der Waals surface area contributed by atoms with Gasteiger partial charge in [0.05, 0.1) is 0 Å². The second-order valence-electron chi connectivity index (χ2n) is 6.29. The number of aliphatic hydroxyl groups excluding tert-OH is 1. The predicted molar refractivity (Wildman–Crippen MR) is 99.3 cm³/mol. The minimum atomic E-state index is 0.353. The zero-order chi connectivity index (χ0) is 15.4. The molecule has 0 aliphatic carbocycles. The molecule has 0 amide bonds. The van der Waals surface area contributed by atoms with Gasteiger partial charge in [-0.25, -0.2) is 0 Å². The van der Waals surface area contributed by atoms with E-state index in [1.54, 1.807) is 0 Å². The minimum Gasteiger partial charge on any atom is -0.396 e. The van der Waals surface area contributed by atoms with Crippen LogP contribution in [0.15, 0.2) is 0 Å². The van der Waals surface area contributed by atoms with E-state index in [9.17, 15) is 0 Å². The van der Waals surface area contributed by atoms with Crippen molar-refractivity contribution >= 4 is 11.8 Å². The Balaban J connectivity index is 2.90. The van der Waals surface area contributed by atoms with Crippen molar-refractivity contribution < 1.29 is 5.11 Å². The molecule has 0 bridgehead atoms. The van der Waals surface area contributed by atoms with Gasteiger partial charge in [-0.1, -0.05) is 90.4 Å². The topological polar surface area (TPSA) is 20.2 Å². The molecule has 21 heavy (non-hydrogen) atoms. The van der Waals surface area contributed by atoms with Crippen LogP contribution in [-0.4, -0.2) is 23.2 Å². The highest BCUT2D eigenvalue weighted by Gasteiger charge is 1.94. The Labute approximate surface area is 138 Å². The van der Waals surface area contributed by atoms with Gasteiger partial charge in [-0.15, -0.1) is 0 Å². The first kappa shape index (κ1) is 21.3. The normalized spacial score (nSPS) is 11.1. The van der Waals surface area contributed by atoms with Crippen molar-refractivity contribution in [1.82, 2.24) is 0 Å². The summed E-state index contributed by atoms with van der Waals surface area (Å²) in [5, 5.41) is 8.68. The second kappa shape index (κ2) is 20.3. The number of hydrogen-bond acceptors (Lipinski definition) is 2. The smallest absolute Gasteiger partial charge is 0.0438 e. The molecule has 0 heterocycles. The van der Waals surface area contributed by atoms with E-state index in [1.165, 1.54) is 95.6 Å². The first-order valence-corrected chi connectivity index (χ1v) is 10.8. The van der Waals surface area contributed by atoms with Crippen molar-refractivity contribution in [2.75, 3.05) is 18.1 Å². The van der Waals surface area contributed by atoms with E-state index in [0.717, 1.165) is 12.2 Å². The molecule has 0 unspecified atom stereocenters. The highest BCUT2D eigenvalue weighted by atomic mass is 32.2. The molecule has 128 valence electrons. The van der Waals surface area contributed by atoms with Crippen LogP contribution in [-0.2, 0) is 0 Å². The van der Waals surface area contributed by atoms with Crippen molar-refractivity contribution in [2.45, 2.75) is 103 Å². The van der Waals surface area contributed by atoms with E-state index < -0.39 is 0 Å². The van der Waals surface area contributed by atoms with Gasteiger partial charge in [0.2, 0.25) is 0 Å². The lowest BCUT2D eigenvalue weighted by molar-refractivity contribution is 0.296. The van der Waals surface area contributed by atoms with Crippen LogP contribution in [0.2, 0.25) is 0 Å². The largest absolute Gasteiger partial charge is 0.396 e. The Morgan fingerprint density at radius 3 is 1.33 bits per heavy atom. The van der Waals surface area contributed by atoms with Crippen LogP contribution < -0.4 is 0 Å². The summed E-state index contributed by atoms with van der Waals surface area (Å²) in [5.41, 5.74) is 0. The monoisotopic (exact) mass is 316 g/mol. The molecule has 1 N–H and O–H groups in total. The van der Waals surface area contributed by atoms with Gasteiger partial charge in [0.1, 0.15) is 0 Å². The summed E-state index contributed by atoms with van der Waals surface area (Å²) in [6.07, 6.45) is 21.1. The molecule has 0 aromatic rings. The lowest BCUT2D eigenvalue weighted by Crippen LogP contribution is -1.88. The number of rotatable bonds is 18. The van der Waals surface area contributed by atoms with Gasteiger partial charge in [-0.3, -0.25) is 0 Å². The molecule has 0 radical (unpaired) electrons. The third-order valence-electron chi connectivity index (χ3n) is 4.09. The number of aliphatic hydroxyl groups is 1. The molecule has 0 aliphatic rings. The van der Waals surface area contributed by atoms with Crippen LogP contribution in [0.3, 0.4) is 0 Å². The Hall–Kier alpha value is 0.310. The Morgan fingerprint density at radius 1 is 0.524 bits per heavy atom. The molecule has 0 saturated heterocycles. The highest BCUT2D eigenvalue weighted by molar-refractivity contribution is 7.99. The maximum Gasteiger partial charge on any atom is 0.0438 e. The fourth-order valence-electron chi connectivity index (χ4n) is 2.67. The molecule has 0 rings (SSSR count). The quantitative estimate of drug-likeness (QED) is 0.288. The molecular weight excluding hydrogens is 276 g/mol. The van der Waals surface area contributed by atoms with Crippen LogP contribution in [0.1, 0.15) is 103 Å². The summed E-state index contributed by atoms with van der Waals surface area (Å²) in [4.78, 5) is 0. The third-order valence-corrected chi connectivity index (χ3v) is 5.24. The Bertz CT molecular complexity index is 155. The number of thioether (sulfide) groups is 1. The van der Waals surface area contributed by atoms with E-state index in [1.807, 2.05) is 11.8 Å². The average Bonchev–Trinajstić information content (AvgIpc) is 2.50. The predicted octanol–water partition coefficient (Wildman–Crippen LogP) is 6.58. The summed E-state index contributed by atoms with van der Waals surface area (Å²) in [5.74, 6) is 2.42. The van der Waals surface area contributed by atoms with Gasteiger partial charge >= 0.3 is 0 Å². The van der Waals surface area contributed by atoms with Crippen LogP contribution >= 0.6 is 11.8 Å². The van der Waals surface area contributed by atoms with E-state index in [2.05, 4.69) is 6.92 Å². The van der Waals surface area contributed by atoms with E-state index in [-0.39, 0.29) is 0 Å². The maximum atomic E-state index is 8.68. The van der Waals surface area contributed by atoms with Crippen molar-refractivity contribution in [3.63, 3.8) is 0 Å². The van der Waals surface area contributed by atoms with Gasteiger partial charge in [-0.05, 0) is 24.3 Å². The Morgan fingerprint density at radius 2 is 0.905 bits per heavy atom. The maximum absolute atomic E-state index is 8.68. The van der Waals surface area contributed by atoms with E-state index in [4.69, 9.17) is 5.11 Å². The van der Waals surface area contributed by atoms with Crippen LogP contribution in [0.5, 0.6) is 0 Å². The standard InChI is InChI=1S/C19H40OS/c1-2-3-4-5-6-7-8-9-10-11-12-13-14-15-18-21-19-16-17-20/h20H,2-19H2,1H3. The van der Waals surface area contributed by atoms with E-state index in [0.29, 0.717) is 6.61 Å². The van der Waals surface area contributed by atoms with Gasteiger partial charge in [0.15, 0.2) is 0 Å². The van der Waals surface area contributed by atoms with Gasteiger partial charge in [-0.2, -0.15) is 11.8 Å². The summed E-state index contributed by atoms with van der Waals surface area (Å²) >= 11 is 2.00. The van der Waals surface area contributed by atoms with Crippen LogP contribution in [0, 0.1) is 0 Å². The number of unbranched alkanes of at least 4 members (excludes halogenated alkanes) is 13. The fraction of sp³-hybridized carbons (Fsp3) is 1.00. The molecule has 1 nitrogen and oxygen atoms in total. The average molecular weight is 317 g/mol. The van der Waals surface area contributed by atoms with Crippen LogP contribution in [0.25, 0.3) is 0 Å².